The monoisotopic (exact) mass is 413 g/mol. The first-order valence-electron chi connectivity index (χ1n) is 9.75. The van der Waals surface area contributed by atoms with Crippen LogP contribution in [0.1, 0.15) is 44.8 Å². The van der Waals surface area contributed by atoms with Gasteiger partial charge in [0, 0.05) is 22.7 Å². The standard InChI is InChI=1S/C20H23N5O3S/c1-9-12(7-21-24-9)14-6-13-16(29-14)18(26)23-17(22-13)15-11-5-10(11)8-25(15)19(27)28-20(2,3)4/h6-7,10-11,15H,5,8H2,1-4H3,(H,21,24)(H,22,23,26)/t10-,11-,15+/m0/s1. The van der Waals surface area contributed by atoms with Gasteiger partial charge in [0.25, 0.3) is 5.56 Å². The van der Waals surface area contributed by atoms with E-state index in [2.05, 4.69) is 15.2 Å². The minimum Gasteiger partial charge on any atom is -0.444 e. The summed E-state index contributed by atoms with van der Waals surface area (Å²) in [5, 5.41) is 6.99. The molecular weight excluding hydrogens is 390 g/mol. The van der Waals surface area contributed by atoms with Crippen molar-refractivity contribution < 1.29 is 9.53 Å². The molecule has 3 aromatic rings. The number of aryl methyl sites for hydroxylation is 1. The van der Waals surface area contributed by atoms with Crippen LogP contribution in [0.5, 0.6) is 0 Å². The van der Waals surface area contributed by atoms with Gasteiger partial charge in [-0.25, -0.2) is 9.78 Å². The van der Waals surface area contributed by atoms with Gasteiger partial charge in [-0.3, -0.25) is 14.8 Å². The van der Waals surface area contributed by atoms with E-state index in [-0.39, 0.29) is 17.7 Å². The van der Waals surface area contributed by atoms with Crippen molar-refractivity contribution >= 4 is 27.6 Å². The quantitative estimate of drug-likeness (QED) is 0.668. The number of nitrogens with one attached hydrogen (secondary N) is 2. The van der Waals surface area contributed by atoms with E-state index in [4.69, 9.17) is 9.72 Å². The molecule has 5 rings (SSSR count). The van der Waals surface area contributed by atoms with E-state index in [1.165, 1.54) is 11.3 Å². The molecule has 3 aromatic heterocycles. The molecule has 0 radical (unpaired) electrons. The zero-order valence-corrected chi connectivity index (χ0v) is 17.6. The molecule has 0 bridgehead atoms. The Kier molecular flexibility index (Phi) is 3.90. The largest absolute Gasteiger partial charge is 0.444 e. The van der Waals surface area contributed by atoms with E-state index >= 15 is 0 Å². The Morgan fingerprint density at radius 1 is 1.38 bits per heavy atom. The van der Waals surface area contributed by atoms with E-state index < -0.39 is 5.60 Å². The zero-order valence-electron chi connectivity index (χ0n) is 16.8. The van der Waals surface area contributed by atoms with Crippen molar-refractivity contribution in [3.8, 4) is 10.4 Å². The fourth-order valence-electron chi connectivity index (χ4n) is 4.15. The summed E-state index contributed by atoms with van der Waals surface area (Å²) in [6.07, 6.45) is 2.46. The van der Waals surface area contributed by atoms with Crippen molar-refractivity contribution in [2.75, 3.05) is 6.54 Å². The fraction of sp³-hybridized carbons (Fsp3) is 0.500. The Morgan fingerprint density at radius 3 is 2.86 bits per heavy atom. The summed E-state index contributed by atoms with van der Waals surface area (Å²) in [7, 11) is 0. The van der Waals surface area contributed by atoms with E-state index in [9.17, 15) is 9.59 Å². The molecule has 2 fully saturated rings. The van der Waals surface area contributed by atoms with Crippen LogP contribution in [-0.2, 0) is 4.74 Å². The molecule has 29 heavy (non-hydrogen) atoms. The van der Waals surface area contributed by atoms with Crippen LogP contribution in [0.4, 0.5) is 4.79 Å². The summed E-state index contributed by atoms with van der Waals surface area (Å²) >= 11 is 1.40. The smallest absolute Gasteiger partial charge is 0.410 e. The molecule has 1 amide bonds. The molecule has 9 heteroatoms. The van der Waals surface area contributed by atoms with Crippen LogP contribution in [0.15, 0.2) is 17.1 Å². The number of aromatic nitrogens is 4. The van der Waals surface area contributed by atoms with Gasteiger partial charge in [0.15, 0.2) is 0 Å². The predicted octanol–water partition coefficient (Wildman–Crippen LogP) is 3.61. The molecule has 8 nitrogen and oxygen atoms in total. The Balaban J connectivity index is 1.53. The van der Waals surface area contributed by atoms with Crippen molar-refractivity contribution in [3.05, 3.63) is 34.1 Å². The Hall–Kier alpha value is -2.68. The number of likely N-dealkylation sites (tertiary alicyclic amines) is 1. The highest BCUT2D eigenvalue weighted by molar-refractivity contribution is 7.22. The summed E-state index contributed by atoms with van der Waals surface area (Å²) in [4.78, 5) is 35.9. The molecule has 1 saturated heterocycles. The lowest BCUT2D eigenvalue weighted by Crippen LogP contribution is -2.39. The number of amides is 1. The van der Waals surface area contributed by atoms with Crippen molar-refractivity contribution in [1.29, 1.82) is 0 Å². The fourth-order valence-corrected chi connectivity index (χ4v) is 5.21. The summed E-state index contributed by atoms with van der Waals surface area (Å²) in [6.45, 7) is 8.16. The minimum atomic E-state index is -0.566. The SMILES string of the molecule is Cc1[nH]ncc1-c1cc2nc([C@H]3[C@H]4C[C@H]4CN3C(=O)OC(C)(C)C)[nH]c(=O)c2s1. The second-order valence-corrected chi connectivity index (χ2v) is 9.97. The molecule has 1 aliphatic carbocycles. The third kappa shape index (κ3) is 3.13. The van der Waals surface area contributed by atoms with Gasteiger partial charge in [0.1, 0.15) is 16.1 Å². The average Bonchev–Trinajstić information content (AvgIpc) is 2.98. The Morgan fingerprint density at radius 2 is 2.17 bits per heavy atom. The van der Waals surface area contributed by atoms with E-state index in [0.29, 0.717) is 34.4 Å². The van der Waals surface area contributed by atoms with Gasteiger partial charge < -0.3 is 9.72 Å². The summed E-state index contributed by atoms with van der Waals surface area (Å²) in [5.74, 6) is 1.34. The van der Waals surface area contributed by atoms with Crippen LogP contribution in [-0.4, -0.2) is 43.3 Å². The van der Waals surface area contributed by atoms with Crippen molar-refractivity contribution in [1.82, 2.24) is 25.1 Å². The van der Waals surface area contributed by atoms with Gasteiger partial charge in [-0.15, -0.1) is 11.3 Å². The molecule has 4 heterocycles. The second-order valence-electron chi connectivity index (χ2n) is 8.92. The van der Waals surface area contributed by atoms with E-state index in [1.807, 2.05) is 33.8 Å². The molecule has 3 atom stereocenters. The number of carbonyl (C=O) groups excluding carboxylic acids is 1. The number of thiophene rings is 1. The first-order chi connectivity index (χ1) is 13.7. The van der Waals surface area contributed by atoms with Crippen LogP contribution in [0.3, 0.4) is 0 Å². The van der Waals surface area contributed by atoms with Gasteiger partial charge >= 0.3 is 6.09 Å². The average molecular weight is 414 g/mol. The van der Waals surface area contributed by atoms with Gasteiger partial charge in [-0.05, 0) is 52.0 Å². The highest BCUT2D eigenvalue weighted by Gasteiger charge is 2.56. The van der Waals surface area contributed by atoms with Crippen LogP contribution in [0.2, 0.25) is 0 Å². The summed E-state index contributed by atoms with van der Waals surface area (Å²) < 4.78 is 6.17. The van der Waals surface area contributed by atoms with E-state index in [0.717, 1.165) is 22.6 Å². The Labute approximate surface area is 171 Å². The lowest BCUT2D eigenvalue weighted by Gasteiger charge is -2.29. The highest BCUT2D eigenvalue weighted by atomic mass is 32.1. The number of ether oxygens (including phenoxy) is 1. The molecular formula is C20H23N5O3S. The summed E-state index contributed by atoms with van der Waals surface area (Å²) in [6, 6.07) is 1.68. The summed E-state index contributed by atoms with van der Waals surface area (Å²) in [5.41, 5.74) is 1.82. The third-order valence-electron chi connectivity index (χ3n) is 5.55. The maximum atomic E-state index is 12.8. The number of piperidine rings is 1. The van der Waals surface area contributed by atoms with Crippen molar-refractivity contribution in [2.45, 2.75) is 45.8 Å². The molecule has 0 spiro atoms. The number of nitrogens with zero attached hydrogens (tertiary/aromatic N) is 3. The number of carbonyl (C=O) groups is 1. The first kappa shape index (κ1) is 18.4. The second kappa shape index (κ2) is 6.16. The van der Waals surface area contributed by atoms with Crippen LogP contribution >= 0.6 is 11.3 Å². The lowest BCUT2D eigenvalue weighted by molar-refractivity contribution is 0.0183. The molecule has 2 N–H and O–H groups in total. The van der Waals surface area contributed by atoms with Crippen molar-refractivity contribution in [3.63, 3.8) is 0 Å². The van der Waals surface area contributed by atoms with Crippen LogP contribution in [0, 0.1) is 18.8 Å². The molecule has 0 unspecified atom stereocenters. The molecule has 1 aliphatic heterocycles. The maximum absolute atomic E-state index is 12.8. The third-order valence-corrected chi connectivity index (χ3v) is 6.71. The zero-order chi connectivity index (χ0) is 20.5. The lowest BCUT2D eigenvalue weighted by atomic mass is 10.1. The van der Waals surface area contributed by atoms with Crippen LogP contribution in [0.25, 0.3) is 20.7 Å². The Bertz CT molecular complexity index is 1170. The first-order valence-corrected chi connectivity index (χ1v) is 10.6. The van der Waals surface area contributed by atoms with Gasteiger partial charge in [-0.2, -0.15) is 5.10 Å². The van der Waals surface area contributed by atoms with E-state index in [1.54, 1.807) is 11.1 Å². The number of hydrogen-bond acceptors (Lipinski definition) is 6. The molecule has 152 valence electrons. The van der Waals surface area contributed by atoms with Crippen molar-refractivity contribution in [2.24, 2.45) is 11.8 Å². The van der Waals surface area contributed by atoms with Crippen LogP contribution < -0.4 is 5.56 Å². The predicted molar refractivity (Wildman–Crippen MR) is 110 cm³/mol. The number of H-pyrrole nitrogens is 2. The minimum absolute atomic E-state index is 0.171. The maximum Gasteiger partial charge on any atom is 0.410 e. The molecule has 1 saturated carbocycles. The topological polar surface area (TPSA) is 104 Å². The number of aromatic amines is 2. The number of fused-ring (bicyclic) bond motifs is 2. The number of hydrogen-bond donors (Lipinski definition) is 2. The van der Waals surface area contributed by atoms with Gasteiger partial charge in [0.05, 0.1) is 17.8 Å². The number of rotatable bonds is 2. The normalized spacial score (nSPS) is 23.4. The van der Waals surface area contributed by atoms with Gasteiger partial charge in [0.2, 0.25) is 0 Å². The van der Waals surface area contributed by atoms with Gasteiger partial charge in [-0.1, -0.05) is 0 Å². The molecule has 0 aromatic carbocycles. The highest BCUT2D eigenvalue weighted by Crippen LogP contribution is 2.56. The molecule has 2 aliphatic rings.